The van der Waals surface area contributed by atoms with E-state index in [0.717, 1.165) is 19.3 Å². The average molecular weight is 225 g/mol. The Hall–Kier alpha value is -1.59. The van der Waals surface area contributed by atoms with E-state index < -0.39 is 0 Å². The quantitative estimate of drug-likeness (QED) is 0.638. The second-order valence-electron chi connectivity index (χ2n) is 4.20. The van der Waals surface area contributed by atoms with Gasteiger partial charge in [-0.2, -0.15) is 0 Å². The summed E-state index contributed by atoms with van der Waals surface area (Å²) in [4.78, 5) is 36.6. The molecule has 0 spiro atoms. The maximum atomic E-state index is 11.6. The molecule has 0 aromatic carbocycles. The Morgan fingerprint density at radius 3 is 2.25 bits per heavy atom. The Bertz CT molecular complexity index is 306. The van der Waals surface area contributed by atoms with Gasteiger partial charge < -0.3 is 9.80 Å². The van der Waals surface area contributed by atoms with Crippen LogP contribution >= 0.6 is 0 Å². The minimum Gasteiger partial charge on any atom is -0.342 e. The predicted octanol–water partition coefficient (Wildman–Crippen LogP) is -0.593. The fraction of sp³-hybridized carbons (Fsp3) is 0.700. The molecular weight excluding hydrogens is 210 g/mol. The van der Waals surface area contributed by atoms with Crippen molar-refractivity contribution in [2.75, 3.05) is 26.2 Å². The topological polar surface area (TPSA) is 69.7 Å². The van der Waals surface area contributed by atoms with Crippen LogP contribution in [0.25, 0.3) is 0 Å². The fourth-order valence-electron chi connectivity index (χ4n) is 1.66. The number of amides is 4. The van der Waals surface area contributed by atoms with E-state index in [1.54, 1.807) is 9.80 Å². The maximum Gasteiger partial charge on any atom is 0.324 e. The summed E-state index contributed by atoms with van der Waals surface area (Å²) in [6.45, 7) is 2.05. The molecule has 0 aromatic heterocycles. The Labute approximate surface area is 93.6 Å². The zero-order valence-electron chi connectivity index (χ0n) is 9.02. The van der Waals surface area contributed by atoms with Crippen molar-refractivity contribution >= 4 is 18.3 Å². The van der Waals surface area contributed by atoms with Gasteiger partial charge >= 0.3 is 6.03 Å². The SMILES string of the molecule is O=CN1CCN(C(=O)NC(=O)C2CC2)CC1. The monoisotopic (exact) mass is 225 g/mol. The molecule has 0 bridgehead atoms. The molecule has 1 saturated heterocycles. The van der Waals surface area contributed by atoms with Crippen molar-refractivity contribution in [3.63, 3.8) is 0 Å². The molecule has 88 valence electrons. The second-order valence-corrected chi connectivity index (χ2v) is 4.20. The van der Waals surface area contributed by atoms with Crippen molar-refractivity contribution in [3.05, 3.63) is 0 Å². The Morgan fingerprint density at radius 2 is 1.75 bits per heavy atom. The highest BCUT2D eigenvalue weighted by Gasteiger charge is 2.32. The van der Waals surface area contributed by atoms with Crippen LogP contribution in [-0.2, 0) is 9.59 Å². The average Bonchev–Trinajstić information content (AvgIpc) is 3.13. The van der Waals surface area contributed by atoms with Crippen molar-refractivity contribution in [3.8, 4) is 0 Å². The first-order valence-corrected chi connectivity index (χ1v) is 5.50. The van der Waals surface area contributed by atoms with Gasteiger partial charge in [0.1, 0.15) is 0 Å². The highest BCUT2D eigenvalue weighted by molar-refractivity contribution is 5.96. The zero-order chi connectivity index (χ0) is 11.5. The minimum absolute atomic E-state index is 0.0419. The van der Waals surface area contributed by atoms with Crippen LogP contribution in [0.5, 0.6) is 0 Å². The molecular formula is C10H15N3O3. The van der Waals surface area contributed by atoms with Crippen LogP contribution in [0.3, 0.4) is 0 Å². The Kier molecular flexibility index (Phi) is 3.07. The summed E-state index contributed by atoms with van der Waals surface area (Å²) in [6.07, 6.45) is 2.56. The number of piperazine rings is 1. The summed E-state index contributed by atoms with van der Waals surface area (Å²) in [5.41, 5.74) is 0. The van der Waals surface area contributed by atoms with Gasteiger partial charge in [0.05, 0.1) is 0 Å². The van der Waals surface area contributed by atoms with E-state index in [9.17, 15) is 14.4 Å². The number of imide groups is 1. The lowest BCUT2D eigenvalue weighted by molar-refractivity contribution is -0.122. The third-order valence-corrected chi connectivity index (χ3v) is 2.93. The first kappa shape index (κ1) is 10.9. The van der Waals surface area contributed by atoms with E-state index in [0.29, 0.717) is 26.2 Å². The molecule has 16 heavy (non-hydrogen) atoms. The van der Waals surface area contributed by atoms with Gasteiger partial charge in [0.25, 0.3) is 0 Å². The molecule has 2 aliphatic rings. The van der Waals surface area contributed by atoms with Crippen molar-refractivity contribution in [2.45, 2.75) is 12.8 Å². The lowest BCUT2D eigenvalue weighted by atomic mass is 10.3. The molecule has 1 heterocycles. The molecule has 1 saturated carbocycles. The van der Waals surface area contributed by atoms with Crippen molar-refractivity contribution in [2.24, 2.45) is 5.92 Å². The summed E-state index contributed by atoms with van der Waals surface area (Å²) in [7, 11) is 0. The molecule has 2 rings (SSSR count). The fourth-order valence-corrected chi connectivity index (χ4v) is 1.66. The van der Waals surface area contributed by atoms with Crippen molar-refractivity contribution in [1.82, 2.24) is 15.1 Å². The van der Waals surface area contributed by atoms with Crippen LogP contribution in [-0.4, -0.2) is 54.3 Å². The van der Waals surface area contributed by atoms with Crippen LogP contribution in [0.2, 0.25) is 0 Å². The summed E-state index contributed by atoms with van der Waals surface area (Å²) >= 11 is 0. The van der Waals surface area contributed by atoms with E-state index in [2.05, 4.69) is 5.32 Å². The van der Waals surface area contributed by atoms with Crippen LogP contribution < -0.4 is 5.32 Å². The summed E-state index contributed by atoms with van der Waals surface area (Å²) in [6, 6.07) is -0.331. The van der Waals surface area contributed by atoms with Gasteiger partial charge in [0, 0.05) is 32.1 Å². The Balaban J connectivity index is 1.77. The molecule has 1 aliphatic heterocycles. The molecule has 1 N–H and O–H groups in total. The highest BCUT2D eigenvalue weighted by Crippen LogP contribution is 2.28. The number of rotatable bonds is 2. The van der Waals surface area contributed by atoms with E-state index in [1.165, 1.54) is 0 Å². The lowest BCUT2D eigenvalue weighted by Gasteiger charge is -2.32. The normalized spacial score (nSPS) is 20.5. The number of urea groups is 1. The third kappa shape index (κ3) is 2.50. The summed E-state index contributed by atoms with van der Waals surface area (Å²) in [5, 5.41) is 2.39. The molecule has 4 amide bonds. The first-order valence-electron chi connectivity index (χ1n) is 5.50. The van der Waals surface area contributed by atoms with Crippen molar-refractivity contribution < 1.29 is 14.4 Å². The molecule has 0 aromatic rings. The first-order chi connectivity index (χ1) is 7.70. The smallest absolute Gasteiger partial charge is 0.324 e. The number of carbonyl (C=O) groups is 3. The highest BCUT2D eigenvalue weighted by atomic mass is 16.2. The van der Waals surface area contributed by atoms with Gasteiger partial charge in [-0.1, -0.05) is 0 Å². The van der Waals surface area contributed by atoms with Gasteiger partial charge in [-0.05, 0) is 12.8 Å². The number of nitrogens with zero attached hydrogens (tertiary/aromatic N) is 2. The number of hydrogen-bond donors (Lipinski definition) is 1. The summed E-state index contributed by atoms with van der Waals surface area (Å²) < 4.78 is 0. The largest absolute Gasteiger partial charge is 0.342 e. The molecule has 1 aliphatic carbocycles. The molecule has 6 nitrogen and oxygen atoms in total. The number of hydrogen-bond acceptors (Lipinski definition) is 3. The van der Waals surface area contributed by atoms with Gasteiger partial charge in [-0.25, -0.2) is 4.79 Å². The minimum atomic E-state index is -0.331. The molecule has 0 atom stereocenters. The molecule has 0 radical (unpaired) electrons. The van der Waals surface area contributed by atoms with Crippen LogP contribution in [0, 0.1) is 5.92 Å². The van der Waals surface area contributed by atoms with Crippen LogP contribution in [0.15, 0.2) is 0 Å². The Morgan fingerprint density at radius 1 is 1.12 bits per heavy atom. The van der Waals surface area contributed by atoms with Crippen molar-refractivity contribution in [1.29, 1.82) is 0 Å². The lowest BCUT2D eigenvalue weighted by Crippen LogP contribution is -2.52. The predicted molar refractivity (Wildman–Crippen MR) is 55.5 cm³/mol. The zero-order valence-corrected chi connectivity index (χ0v) is 9.02. The van der Waals surface area contributed by atoms with Gasteiger partial charge in [0.15, 0.2) is 0 Å². The molecule has 2 fully saturated rings. The molecule has 6 heteroatoms. The second kappa shape index (κ2) is 4.51. The number of carbonyl (C=O) groups excluding carboxylic acids is 3. The van der Waals surface area contributed by atoms with Crippen LogP contribution in [0.1, 0.15) is 12.8 Å². The van der Waals surface area contributed by atoms with Gasteiger partial charge in [-0.3, -0.25) is 14.9 Å². The van der Waals surface area contributed by atoms with E-state index in [1.807, 2.05) is 0 Å². The van der Waals surface area contributed by atoms with Gasteiger partial charge in [-0.15, -0.1) is 0 Å². The van der Waals surface area contributed by atoms with E-state index in [4.69, 9.17) is 0 Å². The third-order valence-electron chi connectivity index (χ3n) is 2.93. The van der Waals surface area contributed by atoms with Crippen LogP contribution in [0.4, 0.5) is 4.79 Å². The maximum absolute atomic E-state index is 11.6. The number of nitrogens with one attached hydrogen (secondary N) is 1. The van der Waals surface area contributed by atoms with Gasteiger partial charge in [0.2, 0.25) is 12.3 Å². The van der Waals surface area contributed by atoms with E-state index in [-0.39, 0.29) is 17.9 Å². The molecule has 0 unspecified atom stereocenters. The summed E-state index contributed by atoms with van der Waals surface area (Å²) in [5.74, 6) is -0.122. The standard InChI is InChI=1S/C10H15N3O3/c14-7-12-3-5-13(6-4-12)10(16)11-9(15)8-1-2-8/h7-8H,1-6H2,(H,11,15,16). The van der Waals surface area contributed by atoms with E-state index >= 15 is 0 Å².